The highest BCUT2D eigenvalue weighted by molar-refractivity contribution is 8.15. The van der Waals surface area contributed by atoms with Gasteiger partial charge in [0.2, 0.25) is 5.12 Å². The molecule has 3 nitrogen and oxygen atoms in total. The fourth-order valence-electron chi connectivity index (χ4n) is 1.92. The van der Waals surface area contributed by atoms with Crippen LogP contribution < -0.4 is 0 Å². The maximum Gasteiger partial charge on any atom is 0.214 e. The molecule has 0 aliphatic heterocycles. The van der Waals surface area contributed by atoms with Crippen molar-refractivity contribution in [2.45, 2.75) is 73.2 Å². The lowest BCUT2D eigenvalue weighted by Gasteiger charge is -2.13. The van der Waals surface area contributed by atoms with Crippen LogP contribution in [0.4, 0.5) is 0 Å². The van der Waals surface area contributed by atoms with E-state index < -0.39 is 0 Å². The number of aromatic nitrogens is 2. The van der Waals surface area contributed by atoms with Gasteiger partial charge < -0.3 is 0 Å². The molecule has 0 radical (unpaired) electrons. The van der Waals surface area contributed by atoms with E-state index in [0.29, 0.717) is 10.8 Å². The predicted octanol–water partition coefficient (Wildman–Crippen LogP) is 6.31. The van der Waals surface area contributed by atoms with Gasteiger partial charge in [0.25, 0.3) is 0 Å². The Morgan fingerprint density at radius 1 is 1.12 bits per heavy atom. The third kappa shape index (κ3) is 9.49. The zero-order chi connectivity index (χ0) is 17.8. The summed E-state index contributed by atoms with van der Waals surface area (Å²) in [4.78, 5) is 11.9. The van der Waals surface area contributed by atoms with Gasteiger partial charge in [0.05, 0.1) is 0 Å². The lowest BCUT2D eigenvalue weighted by molar-refractivity contribution is -0.107. The van der Waals surface area contributed by atoms with Gasteiger partial charge in [-0.15, -0.1) is 10.2 Å². The van der Waals surface area contributed by atoms with Crippen LogP contribution in [-0.4, -0.2) is 32.1 Å². The minimum absolute atomic E-state index is 0.106. The van der Waals surface area contributed by atoms with Crippen molar-refractivity contribution in [3.8, 4) is 0 Å². The average Bonchev–Trinajstić information content (AvgIpc) is 3.00. The fraction of sp³-hybridized carbons (Fsp3) is 0.706. The summed E-state index contributed by atoms with van der Waals surface area (Å²) in [5.41, 5.74) is 0.628. The minimum atomic E-state index is 0.106. The summed E-state index contributed by atoms with van der Waals surface area (Å²) in [5.74, 6) is 2.02. The predicted molar refractivity (Wildman–Crippen MR) is 112 cm³/mol. The average molecular weight is 405 g/mol. The molecule has 136 valence electrons. The minimum Gasteiger partial charge on any atom is -0.282 e. The van der Waals surface area contributed by atoms with Crippen molar-refractivity contribution in [2.75, 3.05) is 11.5 Å². The van der Waals surface area contributed by atoms with E-state index in [1.807, 2.05) is 11.8 Å². The number of unbranched alkanes of at least 4 members (excludes halogenated alkanes) is 3. The quantitative estimate of drug-likeness (QED) is 0.218. The van der Waals surface area contributed by atoms with E-state index in [1.54, 1.807) is 30.0 Å². The Hall–Kier alpha value is 0.0200. The highest BCUT2D eigenvalue weighted by Gasteiger charge is 2.16. The molecule has 1 rings (SSSR count). The molecule has 1 aromatic rings. The second-order valence-electron chi connectivity index (χ2n) is 5.65. The van der Waals surface area contributed by atoms with Gasteiger partial charge in [0.1, 0.15) is 0 Å². The Morgan fingerprint density at radius 3 is 2.46 bits per heavy atom. The van der Waals surface area contributed by atoms with E-state index in [0.717, 1.165) is 33.0 Å². The summed E-state index contributed by atoms with van der Waals surface area (Å²) in [6, 6.07) is 0. The Balaban J connectivity index is 2.36. The lowest BCUT2D eigenvalue weighted by Crippen LogP contribution is -2.10. The molecule has 7 heteroatoms. The molecule has 0 amide bonds. The number of thioether (sulfide) groups is 3. The number of hydrogen-bond acceptors (Lipinski definition) is 7. The topological polar surface area (TPSA) is 42.9 Å². The number of carbonyl (C=O) groups is 1. The second kappa shape index (κ2) is 13.3. The maximum atomic E-state index is 11.9. The van der Waals surface area contributed by atoms with E-state index in [2.05, 4.69) is 30.6 Å². The summed E-state index contributed by atoms with van der Waals surface area (Å²) in [6.07, 6.45) is 7.26. The van der Waals surface area contributed by atoms with Gasteiger partial charge in [-0.1, -0.05) is 92.7 Å². The van der Waals surface area contributed by atoms with Crippen LogP contribution in [0, 0.1) is 0 Å². The van der Waals surface area contributed by atoms with Gasteiger partial charge in [-0.3, -0.25) is 4.79 Å². The van der Waals surface area contributed by atoms with E-state index in [-0.39, 0.29) is 5.12 Å². The number of nitrogens with zero attached hydrogens (tertiary/aromatic N) is 2. The first-order valence-corrected chi connectivity index (χ1v) is 12.2. The summed E-state index contributed by atoms with van der Waals surface area (Å²) in [6.45, 7) is 9.90. The van der Waals surface area contributed by atoms with Crippen LogP contribution >= 0.6 is 46.6 Å². The Kier molecular flexibility index (Phi) is 12.2. The second-order valence-corrected chi connectivity index (χ2v) is 10.5. The number of carbonyl (C=O) groups excluding carboxylic acids is 1. The third-order valence-electron chi connectivity index (χ3n) is 3.24. The summed E-state index contributed by atoms with van der Waals surface area (Å²) < 4.78 is 2.07. The molecule has 0 saturated heterocycles. The molecular weight excluding hydrogens is 376 g/mol. The van der Waals surface area contributed by atoms with Crippen molar-refractivity contribution in [3.63, 3.8) is 0 Å². The fourth-order valence-corrected chi connectivity index (χ4v) is 6.34. The maximum absolute atomic E-state index is 11.9. The van der Waals surface area contributed by atoms with Crippen LogP contribution in [0.15, 0.2) is 20.8 Å². The Morgan fingerprint density at radius 2 is 1.83 bits per heavy atom. The first-order chi connectivity index (χ1) is 11.6. The van der Waals surface area contributed by atoms with Crippen molar-refractivity contribution < 1.29 is 4.79 Å². The van der Waals surface area contributed by atoms with E-state index in [4.69, 9.17) is 0 Å². The SMILES string of the molecule is C=C(C)C(=O)SC(CCC)CSc1nnc(SCCCCCC)s1. The van der Waals surface area contributed by atoms with Crippen LogP contribution in [0.5, 0.6) is 0 Å². The van der Waals surface area contributed by atoms with E-state index in [9.17, 15) is 4.79 Å². The van der Waals surface area contributed by atoms with Crippen LogP contribution in [0.3, 0.4) is 0 Å². The highest BCUT2D eigenvalue weighted by atomic mass is 32.2. The first-order valence-electron chi connectivity index (χ1n) is 8.52. The van der Waals surface area contributed by atoms with Crippen LogP contribution in [0.2, 0.25) is 0 Å². The summed E-state index contributed by atoms with van der Waals surface area (Å²) in [7, 11) is 0. The van der Waals surface area contributed by atoms with Gasteiger partial charge in [-0.25, -0.2) is 0 Å². The first kappa shape index (κ1) is 22.1. The molecule has 0 bridgehead atoms. The number of rotatable bonds is 13. The molecule has 0 aliphatic carbocycles. The van der Waals surface area contributed by atoms with E-state index in [1.165, 1.54) is 37.4 Å². The standard InChI is InChI=1S/C17H28N2OS4/c1-5-7-8-9-11-21-16-18-19-17(24-16)22-12-14(10-6-2)23-15(20)13(3)4/h14H,3,5-12H2,1-2,4H3. The Labute approximate surface area is 163 Å². The van der Waals surface area contributed by atoms with Crippen LogP contribution in [0.25, 0.3) is 0 Å². The van der Waals surface area contributed by atoms with Gasteiger partial charge in [-0.2, -0.15) is 0 Å². The smallest absolute Gasteiger partial charge is 0.214 e. The molecule has 0 aromatic carbocycles. The van der Waals surface area contributed by atoms with Crippen molar-refractivity contribution in [3.05, 3.63) is 12.2 Å². The Bertz CT molecular complexity index is 505. The van der Waals surface area contributed by atoms with Crippen molar-refractivity contribution in [2.24, 2.45) is 0 Å². The molecule has 0 fully saturated rings. The monoisotopic (exact) mass is 404 g/mol. The van der Waals surface area contributed by atoms with E-state index >= 15 is 0 Å². The zero-order valence-corrected chi connectivity index (χ0v) is 18.1. The largest absolute Gasteiger partial charge is 0.282 e. The molecule has 0 spiro atoms. The van der Waals surface area contributed by atoms with Crippen LogP contribution in [0.1, 0.15) is 59.3 Å². The lowest BCUT2D eigenvalue weighted by atomic mass is 10.2. The number of hydrogen-bond donors (Lipinski definition) is 0. The third-order valence-corrected chi connectivity index (χ3v) is 8.18. The molecule has 0 aliphatic rings. The molecule has 1 heterocycles. The summed E-state index contributed by atoms with van der Waals surface area (Å²) >= 11 is 6.62. The van der Waals surface area contributed by atoms with Gasteiger partial charge in [0, 0.05) is 16.8 Å². The molecule has 1 atom stereocenters. The van der Waals surface area contributed by atoms with Crippen molar-refractivity contribution >= 4 is 51.7 Å². The summed E-state index contributed by atoms with van der Waals surface area (Å²) in [5, 5.41) is 8.97. The molecule has 24 heavy (non-hydrogen) atoms. The zero-order valence-electron chi connectivity index (χ0n) is 14.9. The van der Waals surface area contributed by atoms with Crippen molar-refractivity contribution in [1.29, 1.82) is 0 Å². The van der Waals surface area contributed by atoms with Gasteiger partial charge in [0.15, 0.2) is 8.68 Å². The molecule has 1 aromatic heterocycles. The molecule has 1 unspecified atom stereocenters. The van der Waals surface area contributed by atoms with Gasteiger partial charge >= 0.3 is 0 Å². The van der Waals surface area contributed by atoms with Crippen molar-refractivity contribution in [1.82, 2.24) is 10.2 Å². The highest BCUT2D eigenvalue weighted by Crippen LogP contribution is 2.32. The molecule has 0 N–H and O–H groups in total. The van der Waals surface area contributed by atoms with Crippen LogP contribution in [-0.2, 0) is 4.79 Å². The molecule has 0 saturated carbocycles. The van der Waals surface area contributed by atoms with Gasteiger partial charge in [-0.05, 0) is 25.3 Å². The normalized spacial score (nSPS) is 12.3. The molecular formula is C17H28N2OS4.